The van der Waals surface area contributed by atoms with Crippen LogP contribution >= 0.6 is 0 Å². The van der Waals surface area contributed by atoms with E-state index in [1.165, 1.54) is 6.92 Å². The van der Waals surface area contributed by atoms with Gasteiger partial charge in [-0.3, -0.25) is 4.79 Å². The summed E-state index contributed by atoms with van der Waals surface area (Å²) < 4.78 is 12.1. The van der Waals surface area contributed by atoms with E-state index >= 15 is 0 Å². The maximum absolute atomic E-state index is 12.1. The van der Waals surface area contributed by atoms with Gasteiger partial charge in [-0.25, -0.2) is 4.39 Å². The van der Waals surface area contributed by atoms with Gasteiger partial charge in [0.1, 0.15) is 0 Å². The average molecular weight is 119 g/mol. The fourth-order valence-corrected chi connectivity index (χ4v) is 0.323. The predicted octanol–water partition coefficient (Wildman–Crippen LogP) is 0.828. The van der Waals surface area contributed by atoms with E-state index in [2.05, 4.69) is 5.32 Å². The fraction of sp³-hybridized carbons (Fsp3) is 0.800. The third-order valence-electron chi connectivity index (χ3n) is 0.718. The second kappa shape index (κ2) is 3.41. The quantitative estimate of drug-likeness (QED) is 0.536. The van der Waals surface area contributed by atoms with Crippen LogP contribution in [0.4, 0.5) is 4.39 Å². The van der Waals surface area contributed by atoms with E-state index < -0.39 is 6.30 Å². The molecule has 1 N–H and O–H groups in total. The molecule has 1 atom stereocenters. The molecule has 1 unspecified atom stereocenters. The Kier molecular flexibility index (Phi) is 3.15. The van der Waals surface area contributed by atoms with E-state index in [0.717, 1.165) is 0 Å². The number of halogens is 1. The summed E-state index contributed by atoms with van der Waals surface area (Å²) in [6.45, 7) is 2.96. The Morgan fingerprint density at radius 2 is 2.38 bits per heavy atom. The summed E-state index contributed by atoms with van der Waals surface area (Å²) in [6, 6.07) is 0. The van der Waals surface area contributed by atoms with Crippen molar-refractivity contribution in [1.29, 1.82) is 0 Å². The lowest BCUT2D eigenvalue weighted by atomic mass is 10.4. The summed E-state index contributed by atoms with van der Waals surface area (Å²) in [5.74, 6) is -0.320. The van der Waals surface area contributed by atoms with Gasteiger partial charge in [-0.2, -0.15) is 0 Å². The molecule has 0 fully saturated rings. The molecule has 3 heteroatoms. The highest BCUT2D eigenvalue weighted by Gasteiger charge is 2.00. The van der Waals surface area contributed by atoms with Crippen molar-refractivity contribution in [2.75, 3.05) is 0 Å². The Balaban J connectivity index is 3.24. The van der Waals surface area contributed by atoms with Gasteiger partial charge in [0, 0.05) is 6.92 Å². The Morgan fingerprint density at radius 3 is 2.50 bits per heavy atom. The Bertz CT molecular complexity index is 84.5. The molecule has 0 aliphatic carbocycles. The van der Waals surface area contributed by atoms with Crippen molar-refractivity contribution in [2.45, 2.75) is 26.6 Å². The van der Waals surface area contributed by atoms with Gasteiger partial charge in [-0.1, -0.05) is 6.92 Å². The van der Waals surface area contributed by atoms with Crippen LogP contribution in [0.2, 0.25) is 0 Å². The van der Waals surface area contributed by atoms with Crippen LogP contribution in [0.25, 0.3) is 0 Å². The lowest BCUT2D eigenvalue weighted by Gasteiger charge is -2.03. The molecule has 0 rings (SSSR count). The molecule has 0 spiro atoms. The van der Waals surface area contributed by atoms with Gasteiger partial charge in [0.15, 0.2) is 6.30 Å². The molecule has 0 aliphatic heterocycles. The van der Waals surface area contributed by atoms with Crippen molar-refractivity contribution in [1.82, 2.24) is 5.32 Å². The van der Waals surface area contributed by atoms with Gasteiger partial charge < -0.3 is 5.32 Å². The topological polar surface area (TPSA) is 29.1 Å². The number of rotatable bonds is 2. The number of hydrogen-bond acceptors (Lipinski definition) is 1. The van der Waals surface area contributed by atoms with Crippen LogP contribution in [-0.2, 0) is 4.79 Å². The van der Waals surface area contributed by atoms with Crippen LogP contribution in [-0.4, -0.2) is 12.2 Å². The van der Waals surface area contributed by atoms with Crippen LogP contribution in [0.5, 0.6) is 0 Å². The lowest BCUT2D eigenvalue weighted by Crippen LogP contribution is -2.28. The minimum absolute atomic E-state index is 0.320. The van der Waals surface area contributed by atoms with Crippen molar-refractivity contribution in [3.05, 3.63) is 0 Å². The van der Waals surface area contributed by atoms with Crippen molar-refractivity contribution in [3.8, 4) is 0 Å². The third-order valence-corrected chi connectivity index (χ3v) is 0.718. The molecule has 0 aromatic rings. The molecule has 1 amide bonds. The highest BCUT2D eigenvalue weighted by atomic mass is 19.1. The molecule has 0 saturated carbocycles. The minimum Gasteiger partial charge on any atom is -0.327 e. The highest BCUT2D eigenvalue weighted by molar-refractivity contribution is 5.72. The summed E-state index contributed by atoms with van der Waals surface area (Å²) in [5, 5.41) is 2.09. The number of carbonyl (C=O) groups excluding carboxylic acids is 1. The van der Waals surface area contributed by atoms with E-state index in [0.29, 0.717) is 6.42 Å². The molecular weight excluding hydrogens is 109 g/mol. The molecule has 0 aromatic heterocycles. The molecule has 0 bridgehead atoms. The number of hydrogen-bond donors (Lipinski definition) is 1. The first-order valence-corrected chi connectivity index (χ1v) is 2.58. The number of nitrogens with one attached hydrogen (secondary N) is 1. The molecule has 48 valence electrons. The van der Waals surface area contributed by atoms with Gasteiger partial charge in [0.2, 0.25) is 5.91 Å². The minimum atomic E-state index is -1.17. The van der Waals surface area contributed by atoms with E-state index in [4.69, 9.17) is 0 Å². The Labute approximate surface area is 48.1 Å². The van der Waals surface area contributed by atoms with E-state index in [9.17, 15) is 9.18 Å². The number of amides is 1. The fourth-order valence-electron chi connectivity index (χ4n) is 0.323. The second-order valence-electron chi connectivity index (χ2n) is 1.58. The van der Waals surface area contributed by atoms with Gasteiger partial charge in [0.25, 0.3) is 0 Å². The maximum atomic E-state index is 12.1. The molecule has 2 nitrogen and oxygen atoms in total. The molecule has 0 aliphatic rings. The summed E-state index contributed by atoms with van der Waals surface area (Å²) in [5.41, 5.74) is 0. The maximum Gasteiger partial charge on any atom is 0.219 e. The number of alkyl halides is 1. The van der Waals surface area contributed by atoms with Crippen LogP contribution in [0.1, 0.15) is 20.3 Å². The normalized spacial score (nSPS) is 12.9. The lowest BCUT2D eigenvalue weighted by molar-refractivity contribution is -0.120. The molecule has 0 radical (unpaired) electrons. The average Bonchev–Trinajstić information content (AvgIpc) is 1.65. The zero-order chi connectivity index (χ0) is 6.57. The molecule has 0 heterocycles. The zero-order valence-corrected chi connectivity index (χ0v) is 5.07. The summed E-state index contributed by atoms with van der Waals surface area (Å²) in [6.07, 6.45) is -0.841. The van der Waals surface area contributed by atoms with Crippen molar-refractivity contribution in [3.63, 3.8) is 0 Å². The summed E-state index contributed by atoms with van der Waals surface area (Å²) in [4.78, 5) is 10.1. The Hall–Kier alpha value is -0.600. The summed E-state index contributed by atoms with van der Waals surface area (Å²) >= 11 is 0. The highest BCUT2D eigenvalue weighted by Crippen LogP contribution is 1.89. The van der Waals surface area contributed by atoms with Crippen LogP contribution in [0.15, 0.2) is 0 Å². The first-order chi connectivity index (χ1) is 3.66. The van der Waals surface area contributed by atoms with E-state index in [-0.39, 0.29) is 5.91 Å². The van der Waals surface area contributed by atoms with Gasteiger partial charge >= 0.3 is 0 Å². The standard InChI is InChI=1S/C5H10FNO/c1-3-5(6)7-4(2)8/h5H,3H2,1-2H3,(H,7,8). The Morgan fingerprint density at radius 1 is 1.88 bits per heavy atom. The van der Waals surface area contributed by atoms with Crippen LogP contribution < -0.4 is 5.32 Å². The largest absolute Gasteiger partial charge is 0.327 e. The van der Waals surface area contributed by atoms with Crippen molar-refractivity contribution >= 4 is 5.91 Å². The van der Waals surface area contributed by atoms with E-state index in [1.54, 1.807) is 6.92 Å². The third kappa shape index (κ3) is 3.59. The van der Waals surface area contributed by atoms with Gasteiger partial charge in [-0.15, -0.1) is 0 Å². The zero-order valence-electron chi connectivity index (χ0n) is 5.07. The van der Waals surface area contributed by atoms with Gasteiger partial charge in [0.05, 0.1) is 0 Å². The van der Waals surface area contributed by atoms with Crippen LogP contribution in [0, 0.1) is 0 Å². The summed E-state index contributed by atoms with van der Waals surface area (Å²) in [7, 11) is 0. The van der Waals surface area contributed by atoms with Crippen LogP contribution in [0.3, 0.4) is 0 Å². The van der Waals surface area contributed by atoms with Crippen molar-refractivity contribution in [2.24, 2.45) is 0 Å². The predicted molar refractivity (Wildman–Crippen MR) is 29.0 cm³/mol. The molecule has 0 saturated heterocycles. The molecule has 0 aromatic carbocycles. The second-order valence-corrected chi connectivity index (χ2v) is 1.58. The molecule has 8 heavy (non-hydrogen) atoms. The van der Waals surface area contributed by atoms with E-state index in [1.807, 2.05) is 0 Å². The monoisotopic (exact) mass is 119 g/mol. The number of carbonyl (C=O) groups is 1. The molecular formula is C5H10FNO. The van der Waals surface area contributed by atoms with Crippen molar-refractivity contribution < 1.29 is 9.18 Å². The first kappa shape index (κ1) is 7.40. The smallest absolute Gasteiger partial charge is 0.219 e. The SMILES string of the molecule is CCC(F)NC(C)=O. The van der Waals surface area contributed by atoms with Gasteiger partial charge in [-0.05, 0) is 6.42 Å². The first-order valence-electron chi connectivity index (χ1n) is 2.58.